The molecule has 0 aliphatic rings. The molecule has 0 aromatic heterocycles. The van der Waals surface area contributed by atoms with Gasteiger partial charge < -0.3 is 35.2 Å². The van der Waals surface area contributed by atoms with Crippen LogP contribution in [0.1, 0.15) is 96.0 Å². The van der Waals surface area contributed by atoms with Crippen LogP contribution in [0.3, 0.4) is 0 Å². The van der Waals surface area contributed by atoms with Gasteiger partial charge in [-0.15, -0.1) is 0 Å². The van der Waals surface area contributed by atoms with E-state index < -0.39 is 47.8 Å². The SMILES string of the molecule is CCCCCCCC(=O)CCCCCC/C=C/[C@@H](C(=O)N[C@@H](Cc1ccc(Oc2ccc(OC)cc2)cc1)C(=O)O)[C@@](O)(CC(=O)O)C(=O)O. The fourth-order valence-electron chi connectivity index (χ4n) is 5.40. The fraction of sp³-hybridized carbons (Fsp3) is 0.500. The monoisotopic (exact) mass is 697 g/mol. The van der Waals surface area contributed by atoms with Gasteiger partial charge in [0.2, 0.25) is 5.91 Å². The van der Waals surface area contributed by atoms with Crippen molar-refractivity contribution in [1.82, 2.24) is 5.32 Å². The van der Waals surface area contributed by atoms with Gasteiger partial charge in [-0.3, -0.25) is 14.4 Å². The van der Waals surface area contributed by atoms with E-state index in [1.807, 2.05) is 0 Å². The highest BCUT2D eigenvalue weighted by Gasteiger charge is 2.49. The number of aliphatic carboxylic acids is 3. The number of allylic oxidation sites excluding steroid dienone is 1. The molecule has 0 fully saturated rings. The van der Waals surface area contributed by atoms with E-state index >= 15 is 0 Å². The van der Waals surface area contributed by atoms with Crippen molar-refractivity contribution in [3.63, 3.8) is 0 Å². The lowest BCUT2D eigenvalue weighted by atomic mass is 9.82. The zero-order chi connectivity index (χ0) is 36.9. The number of carboxylic acid groups (broad SMARTS) is 3. The van der Waals surface area contributed by atoms with Crippen molar-refractivity contribution >= 4 is 29.6 Å². The number of benzene rings is 2. The van der Waals surface area contributed by atoms with Gasteiger partial charge in [0, 0.05) is 19.3 Å². The first-order valence-electron chi connectivity index (χ1n) is 17.2. The summed E-state index contributed by atoms with van der Waals surface area (Å²) in [5, 5.41) is 42.2. The predicted molar refractivity (Wildman–Crippen MR) is 186 cm³/mol. The normalized spacial score (nSPS) is 13.6. The summed E-state index contributed by atoms with van der Waals surface area (Å²) in [6.07, 6.45) is 11.1. The smallest absolute Gasteiger partial charge is 0.337 e. The van der Waals surface area contributed by atoms with Crippen molar-refractivity contribution in [3.05, 3.63) is 66.2 Å². The maximum absolute atomic E-state index is 13.4. The highest BCUT2D eigenvalue weighted by atomic mass is 16.5. The van der Waals surface area contributed by atoms with Gasteiger partial charge in [-0.25, -0.2) is 9.59 Å². The Bertz CT molecular complexity index is 1400. The quantitative estimate of drug-likeness (QED) is 0.0544. The van der Waals surface area contributed by atoms with Gasteiger partial charge in [0.1, 0.15) is 29.1 Å². The number of Topliss-reactive ketones (excluding diaryl/α,β-unsaturated/α-hetero) is 1. The molecule has 0 unspecified atom stereocenters. The van der Waals surface area contributed by atoms with Crippen molar-refractivity contribution in [2.45, 2.75) is 108 Å². The van der Waals surface area contributed by atoms with Gasteiger partial charge in [0.15, 0.2) is 5.60 Å². The predicted octanol–water partition coefficient (Wildman–Crippen LogP) is 6.33. The lowest BCUT2D eigenvalue weighted by Gasteiger charge is -2.29. The Kier molecular flexibility index (Phi) is 18.3. The van der Waals surface area contributed by atoms with Gasteiger partial charge in [0.05, 0.1) is 19.4 Å². The summed E-state index contributed by atoms with van der Waals surface area (Å²) < 4.78 is 10.9. The molecule has 1 amide bonds. The Balaban J connectivity index is 2.01. The minimum atomic E-state index is -3.03. The molecule has 0 aliphatic heterocycles. The summed E-state index contributed by atoms with van der Waals surface area (Å²) in [5.74, 6) is -6.08. The Morgan fingerprint density at radius 3 is 1.84 bits per heavy atom. The Labute approximate surface area is 293 Å². The van der Waals surface area contributed by atoms with Crippen LogP contribution in [0.15, 0.2) is 60.7 Å². The Morgan fingerprint density at radius 1 is 0.780 bits per heavy atom. The average Bonchev–Trinajstić information content (AvgIpc) is 3.07. The van der Waals surface area contributed by atoms with E-state index in [4.69, 9.17) is 9.47 Å². The van der Waals surface area contributed by atoms with Crippen molar-refractivity contribution < 1.29 is 53.9 Å². The highest BCUT2D eigenvalue weighted by Crippen LogP contribution is 2.27. The number of methoxy groups -OCH3 is 1. The van der Waals surface area contributed by atoms with Crippen molar-refractivity contribution in [3.8, 4) is 17.2 Å². The molecule has 0 saturated carbocycles. The molecule has 274 valence electrons. The maximum Gasteiger partial charge on any atom is 0.337 e. The number of carbonyl (C=O) groups excluding carboxylic acids is 2. The standard InChI is InChI=1S/C38H51NO11/c1-3-4-5-8-11-14-28(40)15-12-9-6-7-10-13-16-32(38(48,37(46)47)26-34(41)42)35(43)39-33(36(44)45)25-27-17-19-30(20-18-27)50-31-23-21-29(49-2)22-24-31/h13,16-24,32-33,48H,3-12,14-15,25-26H2,1-2H3,(H,39,43)(H,41,42)(H,44,45)(H,46,47)/b16-13+/t32-,33-,38-/m0/s1. The third-order valence-electron chi connectivity index (χ3n) is 8.33. The second kappa shape index (κ2) is 22.1. The van der Waals surface area contributed by atoms with Crippen LogP contribution < -0.4 is 14.8 Å². The molecular weight excluding hydrogens is 646 g/mol. The summed E-state index contributed by atoms with van der Waals surface area (Å²) in [4.78, 5) is 61.2. The molecule has 0 bridgehead atoms. The van der Waals surface area contributed by atoms with Gasteiger partial charge in [-0.05, 0) is 67.6 Å². The van der Waals surface area contributed by atoms with Crippen molar-refractivity contribution in [2.75, 3.05) is 7.11 Å². The summed E-state index contributed by atoms with van der Waals surface area (Å²) in [6, 6.07) is 11.9. The third-order valence-corrected chi connectivity index (χ3v) is 8.33. The molecule has 0 aliphatic carbocycles. The molecule has 50 heavy (non-hydrogen) atoms. The number of rotatable bonds is 26. The zero-order valence-electron chi connectivity index (χ0n) is 29.0. The number of hydrogen-bond donors (Lipinski definition) is 5. The summed E-state index contributed by atoms with van der Waals surface area (Å²) in [6.45, 7) is 2.15. The van der Waals surface area contributed by atoms with Crippen LogP contribution in [0.5, 0.6) is 17.2 Å². The van der Waals surface area contributed by atoms with E-state index in [1.54, 1.807) is 55.6 Å². The second-order valence-electron chi connectivity index (χ2n) is 12.4. The molecule has 0 spiro atoms. The minimum Gasteiger partial charge on any atom is -0.497 e. The fourth-order valence-corrected chi connectivity index (χ4v) is 5.40. The Hall–Kier alpha value is -4.71. The van der Waals surface area contributed by atoms with E-state index in [2.05, 4.69) is 12.2 Å². The molecule has 0 saturated heterocycles. The van der Waals surface area contributed by atoms with Crippen LogP contribution in [0, 0.1) is 5.92 Å². The molecule has 3 atom stereocenters. The maximum atomic E-state index is 13.4. The van der Waals surface area contributed by atoms with Crippen LogP contribution in [-0.2, 0) is 30.4 Å². The van der Waals surface area contributed by atoms with Crippen LogP contribution >= 0.6 is 0 Å². The number of aliphatic hydroxyl groups is 1. The molecule has 2 rings (SSSR count). The first kappa shape index (κ1) is 41.5. The van der Waals surface area contributed by atoms with E-state index in [-0.39, 0.29) is 12.2 Å². The van der Waals surface area contributed by atoms with E-state index in [1.165, 1.54) is 12.5 Å². The van der Waals surface area contributed by atoms with E-state index in [0.29, 0.717) is 48.5 Å². The number of ketones is 1. The zero-order valence-corrected chi connectivity index (χ0v) is 29.0. The molecule has 0 radical (unpaired) electrons. The molecular formula is C38H51NO11. The minimum absolute atomic E-state index is 0.188. The highest BCUT2D eigenvalue weighted by molar-refractivity contribution is 5.94. The number of carbonyl (C=O) groups is 5. The van der Waals surface area contributed by atoms with Gasteiger partial charge in [-0.1, -0.05) is 69.7 Å². The van der Waals surface area contributed by atoms with E-state index in [9.17, 15) is 44.4 Å². The number of nitrogens with one attached hydrogen (secondary N) is 1. The second-order valence-corrected chi connectivity index (χ2v) is 12.4. The van der Waals surface area contributed by atoms with Crippen LogP contribution in [0.25, 0.3) is 0 Å². The molecule has 5 N–H and O–H groups in total. The largest absolute Gasteiger partial charge is 0.497 e. The molecule has 12 heteroatoms. The van der Waals surface area contributed by atoms with Crippen molar-refractivity contribution in [2.24, 2.45) is 5.92 Å². The summed E-state index contributed by atoms with van der Waals surface area (Å²) in [7, 11) is 1.55. The van der Waals surface area contributed by atoms with Crippen LogP contribution in [0.2, 0.25) is 0 Å². The number of ether oxygens (including phenoxy) is 2. The number of amides is 1. The average molecular weight is 698 g/mol. The summed E-state index contributed by atoms with van der Waals surface area (Å²) in [5.41, 5.74) is -2.52. The number of carboxylic acids is 3. The lowest BCUT2D eigenvalue weighted by molar-refractivity contribution is -0.172. The third kappa shape index (κ3) is 14.8. The topological polar surface area (TPSA) is 197 Å². The van der Waals surface area contributed by atoms with Gasteiger partial charge in [0.25, 0.3) is 0 Å². The lowest BCUT2D eigenvalue weighted by Crippen LogP contribution is -2.55. The van der Waals surface area contributed by atoms with Gasteiger partial charge >= 0.3 is 17.9 Å². The molecule has 2 aromatic carbocycles. The first-order valence-corrected chi connectivity index (χ1v) is 17.2. The summed E-state index contributed by atoms with van der Waals surface area (Å²) >= 11 is 0. The van der Waals surface area contributed by atoms with Gasteiger partial charge in [-0.2, -0.15) is 0 Å². The van der Waals surface area contributed by atoms with Crippen LogP contribution in [-0.4, -0.2) is 68.8 Å². The number of unbranched alkanes of at least 4 members (excludes halogenated alkanes) is 8. The van der Waals surface area contributed by atoms with Crippen LogP contribution in [0.4, 0.5) is 0 Å². The van der Waals surface area contributed by atoms with Crippen molar-refractivity contribution in [1.29, 1.82) is 0 Å². The number of hydrogen-bond acceptors (Lipinski definition) is 8. The first-order chi connectivity index (χ1) is 23.9. The Morgan fingerprint density at radius 2 is 1.32 bits per heavy atom. The molecule has 12 nitrogen and oxygen atoms in total. The van der Waals surface area contributed by atoms with E-state index in [0.717, 1.165) is 51.0 Å². The molecule has 2 aromatic rings. The molecule has 0 heterocycles.